The van der Waals surface area contributed by atoms with E-state index in [0.29, 0.717) is 0 Å². The van der Waals surface area contributed by atoms with E-state index < -0.39 is 0 Å². The normalized spacial score (nSPS) is 23.0. The Balaban J connectivity index is 2.63. The Kier molecular flexibility index (Phi) is 1.63. The van der Waals surface area contributed by atoms with Crippen LogP contribution in [0.5, 0.6) is 0 Å². The molecular weight excluding hydrogens is 163 g/mol. The van der Waals surface area contributed by atoms with Crippen molar-refractivity contribution < 1.29 is 0 Å². The van der Waals surface area contributed by atoms with Crippen LogP contribution in [0.2, 0.25) is 0 Å². The van der Waals surface area contributed by atoms with Crippen LogP contribution in [0.15, 0.2) is 33.7 Å². The lowest BCUT2D eigenvalue weighted by Gasteiger charge is -1.96. The van der Waals surface area contributed by atoms with Crippen LogP contribution in [0.25, 0.3) is 0 Å². The lowest BCUT2D eigenvalue weighted by atomic mass is 10.1. The van der Waals surface area contributed by atoms with Gasteiger partial charge >= 0.3 is 0 Å². The Morgan fingerprint density at radius 2 is 1.58 bits per heavy atom. The van der Waals surface area contributed by atoms with E-state index in [1.54, 1.807) is 5.29 Å². The standard InChI is InChI=1S/C11H13P/c1-6-5-10-8(3)7(2)9(4)11(10)12-6/h5H,1-4H3. The van der Waals surface area contributed by atoms with Gasteiger partial charge in [0.2, 0.25) is 0 Å². The summed E-state index contributed by atoms with van der Waals surface area (Å²) in [6, 6.07) is 0. The van der Waals surface area contributed by atoms with Crippen molar-refractivity contribution in [2.45, 2.75) is 27.7 Å². The minimum Gasteiger partial charge on any atom is -0.0642 e. The lowest BCUT2D eigenvalue weighted by molar-refractivity contribution is 1.32. The largest absolute Gasteiger partial charge is 0.0642 e. The number of fused-ring (bicyclic) bond motifs is 1. The monoisotopic (exact) mass is 176 g/mol. The SMILES string of the molecule is CC1=CC2=C(C)C(C)=C(C)C2=P1. The van der Waals surface area contributed by atoms with E-state index >= 15 is 0 Å². The molecule has 1 aliphatic carbocycles. The van der Waals surface area contributed by atoms with Crippen molar-refractivity contribution in [2.24, 2.45) is 0 Å². The third-order valence-corrected chi connectivity index (χ3v) is 4.06. The summed E-state index contributed by atoms with van der Waals surface area (Å²) in [5.41, 5.74) is 5.95. The van der Waals surface area contributed by atoms with Gasteiger partial charge in [-0.1, -0.05) is 8.20 Å². The van der Waals surface area contributed by atoms with E-state index in [2.05, 4.69) is 33.8 Å². The van der Waals surface area contributed by atoms with Gasteiger partial charge in [-0.05, 0) is 61.4 Å². The van der Waals surface area contributed by atoms with Gasteiger partial charge in [0.25, 0.3) is 0 Å². The summed E-state index contributed by atoms with van der Waals surface area (Å²) in [6.45, 7) is 8.89. The second kappa shape index (κ2) is 2.44. The number of allylic oxidation sites excluding steroid dienone is 6. The molecule has 0 saturated heterocycles. The predicted molar refractivity (Wildman–Crippen MR) is 56.8 cm³/mol. The molecule has 1 heterocycles. The molecule has 0 aromatic heterocycles. The smallest absolute Gasteiger partial charge is 0.0128 e. The first-order valence-corrected chi connectivity index (χ1v) is 5.17. The Labute approximate surface area is 75.5 Å². The highest BCUT2D eigenvalue weighted by atomic mass is 31.1. The molecule has 0 atom stereocenters. The van der Waals surface area contributed by atoms with E-state index in [1.165, 1.54) is 35.8 Å². The average molecular weight is 176 g/mol. The Bertz CT molecular complexity index is 376. The summed E-state index contributed by atoms with van der Waals surface area (Å²) in [7, 11) is 1.42. The first-order valence-electron chi connectivity index (χ1n) is 4.27. The molecule has 0 amide bonds. The third-order valence-electron chi connectivity index (χ3n) is 2.78. The molecule has 62 valence electrons. The first-order chi connectivity index (χ1) is 5.61. The topological polar surface area (TPSA) is 0 Å². The van der Waals surface area contributed by atoms with Gasteiger partial charge in [-0.3, -0.25) is 0 Å². The van der Waals surface area contributed by atoms with Gasteiger partial charge in [-0.2, -0.15) is 0 Å². The number of hydrogen-bond donors (Lipinski definition) is 0. The molecule has 2 aliphatic rings. The maximum atomic E-state index is 2.33. The minimum atomic E-state index is 1.42. The van der Waals surface area contributed by atoms with Crippen LogP contribution in [0.4, 0.5) is 0 Å². The van der Waals surface area contributed by atoms with Crippen molar-refractivity contribution >= 4 is 13.5 Å². The van der Waals surface area contributed by atoms with Crippen LogP contribution in [0.1, 0.15) is 27.7 Å². The predicted octanol–water partition coefficient (Wildman–Crippen LogP) is 3.69. The molecule has 0 nitrogen and oxygen atoms in total. The van der Waals surface area contributed by atoms with Crippen LogP contribution >= 0.6 is 8.20 Å². The molecule has 12 heavy (non-hydrogen) atoms. The molecule has 0 fully saturated rings. The fraction of sp³-hybridized carbons (Fsp3) is 0.364. The van der Waals surface area contributed by atoms with Gasteiger partial charge < -0.3 is 0 Å². The first kappa shape index (κ1) is 8.01. The van der Waals surface area contributed by atoms with Gasteiger partial charge in [-0.25, -0.2) is 0 Å². The van der Waals surface area contributed by atoms with Crippen molar-refractivity contribution in [3.8, 4) is 0 Å². The van der Waals surface area contributed by atoms with Gasteiger partial charge in [-0.15, -0.1) is 0 Å². The van der Waals surface area contributed by atoms with Gasteiger partial charge in [0.15, 0.2) is 0 Å². The summed E-state index contributed by atoms with van der Waals surface area (Å²) in [6.07, 6.45) is 2.33. The maximum Gasteiger partial charge on any atom is 0.0128 e. The Hall–Kier alpha value is -0.610. The molecule has 0 saturated carbocycles. The van der Waals surface area contributed by atoms with Crippen LogP contribution in [-0.2, 0) is 0 Å². The molecule has 0 N–H and O–H groups in total. The minimum absolute atomic E-state index is 1.42. The van der Waals surface area contributed by atoms with E-state index in [-0.39, 0.29) is 0 Å². The second-order valence-electron chi connectivity index (χ2n) is 3.53. The molecule has 0 bridgehead atoms. The molecule has 1 heteroatoms. The van der Waals surface area contributed by atoms with Crippen molar-refractivity contribution in [1.82, 2.24) is 0 Å². The summed E-state index contributed by atoms with van der Waals surface area (Å²) < 4.78 is 0. The number of hydrogen-bond acceptors (Lipinski definition) is 0. The Morgan fingerprint density at radius 3 is 2.17 bits per heavy atom. The number of rotatable bonds is 0. The maximum absolute atomic E-state index is 2.33. The zero-order valence-corrected chi connectivity index (χ0v) is 8.92. The zero-order valence-electron chi connectivity index (χ0n) is 8.02. The average Bonchev–Trinajstić information content (AvgIpc) is 2.49. The molecule has 1 aliphatic heterocycles. The summed E-state index contributed by atoms with van der Waals surface area (Å²) >= 11 is 0. The van der Waals surface area contributed by atoms with E-state index in [9.17, 15) is 0 Å². The van der Waals surface area contributed by atoms with Gasteiger partial charge in [0.05, 0.1) is 0 Å². The fourth-order valence-electron chi connectivity index (χ4n) is 1.78. The second-order valence-corrected chi connectivity index (χ2v) is 4.91. The van der Waals surface area contributed by atoms with Crippen molar-refractivity contribution in [3.63, 3.8) is 0 Å². The van der Waals surface area contributed by atoms with Crippen LogP contribution in [-0.4, -0.2) is 5.29 Å². The van der Waals surface area contributed by atoms with Gasteiger partial charge in [0.1, 0.15) is 0 Å². The van der Waals surface area contributed by atoms with Gasteiger partial charge in [0, 0.05) is 5.29 Å². The van der Waals surface area contributed by atoms with E-state index in [4.69, 9.17) is 0 Å². The highest BCUT2D eigenvalue weighted by molar-refractivity contribution is 7.47. The van der Waals surface area contributed by atoms with Crippen LogP contribution in [0.3, 0.4) is 0 Å². The van der Waals surface area contributed by atoms with Crippen molar-refractivity contribution in [1.29, 1.82) is 0 Å². The molecular formula is C11H13P. The summed E-state index contributed by atoms with van der Waals surface area (Å²) in [5, 5.41) is 3.02. The Morgan fingerprint density at radius 1 is 0.917 bits per heavy atom. The summed E-state index contributed by atoms with van der Waals surface area (Å²) in [4.78, 5) is 0. The highest BCUT2D eigenvalue weighted by Crippen LogP contribution is 2.40. The van der Waals surface area contributed by atoms with Crippen LogP contribution in [0, 0.1) is 0 Å². The zero-order chi connectivity index (χ0) is 8.88. The molecule has 0 spiro atoms. The van der Waals surface area contributed by atoms with E-state index in [0.717, 1.165) is 0 Å². The van der Waals surface area contributed by atoms with E-state index in [1.807, 2.05) is 0 Å². The lowest BCUT2D eigenvalue weighted by Crippen LogP contribution is -1.91. The third kappa shape index (κ3) is 0.881. The fourth-order valence-corrected chi connectivity index (χ4v) is 3.01. The molecule has 2 rings (SSSR count). The summed E-state index contributed by atoms with van der Waals surface area (Å²) in [5.74, 6) is 0. The van der Waals surface area contributed by atoms with Crippen LogP contribution < -0.4 is 0 Å². The molecule has 0 aromatic carbocycles. The molecule has 0 unspecified atom stereocenters. The molecule has 0 aromatic rings. The van der Waals surface area contributed by atoms with Crippen molar-refractivity contribution in [2.75, 3.05) is 0 Å². The quantitative estimate of drug-likeness (QED) is 0.494. The highest BCUT2D eigenvalue weighted by Gasteiger charge is 2.23. The van der Waals surface area contributed by atoms with Crippen molar-refractivity contribution in [3.05, 3.63) is 33.7 Å². The molecule has 0 radical (unpaired) electrons.